The van der Waals surface area contributed by atoms with E-state index in [2.05, 4.69) is 10.2 Å². The lowest BCUT2D eigenvalue weighted by atomic mass is 10.2. The summed E-state index contributed by atoms with van der Waals surface area (Å²) in [6.45, 7) is 2.21. The van der Waals surface area contributed by atoms with Gasteiger partial charge in [-0.15, -0.1) is 10.2 Å². The summed E-state index contributed by atoms with van der Waals surface area (Å²) >= 11 is 0. The van der Waals surface area contributed by atoms with Gasteiger partial charge in [0.15, 0.2) is 6.61 Å². The zero-order valence-electron chi connectivity index (χ0n) is 9.59. The number of aryl methyl sites for hydroxylation is 1. The zero-order valence-corrected chi connectivity index (χ0v) is 9.59. The molecule has 2 rings (SSSR count). The topological polar surface area (TPSA) is 68.4 Å². The Kier molecular flexibility index (Phi) is 3.72. The van der Waals surface area contributed by atoms with Crippen LogP contribution in [0.2, 0.25) is 0 Å². The fourth-order valence-electron chi connectivity index (χ4n) is 1.40. The second-order valence-corrected chi connectivity index (χ2v) is 3.62. The van der Waals surface area contributed by atoms with E-state index in [1.54, 1.807) is 0 Å². The first-order valence-corrected chi connectivity index (χ1v) is 5.40. The second-order valence-electron chi connectivity index (χ2n) is 3.62. The number of nitrogens with zero attached hydrogens (tertiary/aromatic N) is 2. The quantitative estimate of drug-likeness (QED) is 0.848. The fraction of sp³-hybridized carbons (Fsp3) is 0.333. The molecule has 0 saturated heterocycles. The van der Waals surface area contributed by atoms with E-state index in [-0.39, 0.29) is 13.2 Å². The van der Waals surface area contributed by atoms with Gasteiger partial charge in [0, 0.05) is 6.42 Å². The lowest BCUT2D eigenvalue weighted by molar-refractivity contribution is 0.248. The lowest BCUT2D eigenvalue weighted by Gasteiger charge is -2.05. The van der Waals surface area contributed by atoms with Crippen LogP contribution in [0.3, 0.4) is 0 Å². The predicted molar refractivity (Wildman–Crippen MR) is 60.6 cm³/mol. The average Bonchev–Trinajstić information content (AvgIpc) is 2.76. The maximum atomic E-state index is 8.71. The molecule has 0 radical (unpaired) electrons. The Balaban J connectivity index is 1.95. The van der Waals surface area contributed by atoms with Crippen molar-refractivity contribution in [1.82, 2.24) is 10.2 Å². The Morgan fingerprint density at radius 3 is 2.76 bits per heavy atom. The number of para-hydroxylation sites is 1. The van der Waals surface area contributed by atoms with Crippen LogP contribution in [0, 0.1) is 6.92 Å². The SMILES string of the molecule is Cc1ccccc1OCc1nnc(CCO)o1. The van der Waals surface area contributed by atoms with Crippen molar-refractivity contribution in [2.75, 3.05) is 6.61 Å². The van der Waals surface area contributed by atoms with E-state index >= 15 is 0 Å². The first-order chi connectivity index (χ1) is 8.29. The molecule has 0 amide bonds. The third-order valence-corrected chi connectivity index (χ3v) is 2.28. The van der Waals surface area contributed by atoms with Crippen molar-refractivity contribution in [2.24, 2.45) is 0 Å². The second kappa shape index (κ2) is 5.45. The van der Waals surface area contributed by atoms with Gasteiger partial charge < -0.3 is 14.3 Å². The van der Waals surface area contributed by atoms with Crippen LogP contribution in [0.5, 0.6) is 5.75 Å². The van der Waals surface area contributed by atoms with E-state index in [1.165, 1.54) is 0 Å². The third kappa shape index (κ3) is 3.04. The van der Waals surface area contributed by atoms with Crippen LogP contribution in [-0.2, 0) is 13.0 Å². The molecule has 0 bridgehead atoms. The molecule has 1 heterocycles. The average molecular weight is 234 g/mol. The highest BCUT2D eigenvalue weighted by Gasteiger charge is 2.06. The molecule has 2 aromatic rings. The third-order valence-electron chi connectivity index (χ3n) is 2.28. The number of hydrogen-bond donors (Lipinski definition) is 1. The maximum Gasteiger partial charge on any atom is 0.253 e. The van der Waals surface area contributed by atoms with Crippen molar-refractivity contribution in [3.05, 3.63) is 41.6 Å². The van der Waals surface area contributed by atoms with Crippen LogP contribution in [0.1, 0.15) is 17.3 Å². The molecule has 0 aliphatic rings. The van der Waals surface area contributed by atoms with Crippen LogP contribution < -0.4 is 4.74 Å². The van der Waals surface area contributed by atoms with Crippen molar-refractivity contribution in [2.45, 2.75) is 20.0 Å². The van der Waals surface area contributed by atoms with E-state index in [1.807, 2.05) is 31.2 Å². The van der Waals surface area contributed by atoms with Gasteiger partial charge >= 0.3 is 0 Å². The highest BCUT2D eigenvalue weighted by molar-refractivity contribution is 5.31. The van der Waals surface area contributed by atoms with E-state index < -0.39 is 0 Å². The minimum atomic E-state index is 0.000282. The molecule has 0 saturated carbocycles. The molecule has 0 spiro atoms. The van der Waals surface area contributed by atoms with E-state index in [0.717, 1.165) is 11.3 Å². The number of ether oxygens (including phenoxy) is 1. The minimum Gasteiger partial charge on any atom is -0.484 e. The van der Waals surface area contributed by atoms with Crippen molar-refractivity contribution in [3.63, 3.8) is 0 Å². The monoisotopic (exact) mass is 234 g/mol. The molecule has 0 atom stereocenters. The summed E-state index contributed by atoms with van der Waals surface area (Å²) in [6.07, 6.45) is 0.372. The van der Waals surface area contributed by atoms with Gasteiger partial charge in [0.1, 0.15) is 5.75 Å². The lowest BCUT2D eigenvalue weighted by Crippen LogP contribution is -1.97. The minimum absolute atomic E-state index is 0.000282. The van der Waals surface area contributed by atoms with Crippen LogP contribution in [-0.4, -0.2) is 21.9 Å². The molecule has 0 unspecified atom stereocenters. The van der Waals surface area contributed by atoms with Gasteiger partial charge in [0.25, 0.3) is 5.89 Å². The fourth-order valence-corrected chi connectivity index (χ4v) is 1.40. The molecular formula is C12H14N2O3. The Labute approximate surface area is 99.1 Å². The van der Waals surface area contributed by atoms with Crippen molar-refractivity contribution < 1.29 is 14.3 Å². The van der Waals surface area contributed by atoms with E-state index in [4.69, 9.17) is 14.3 Å². The highest BCUT2D eigenvalue weighted by atomic mass is 16.5. The van der Waals surface area contributed by atoms with E-state index in [9.17, 15) is 0 Å². The molecule has 17 heavy (non-hydrogen) atoms. The standard InChI is InChI=1S/C12H14N2O3/c1-9-4-2-3-5-10(9)16-8-12-14-13-11(17-12)6-7-15/h2-5,15H,6-8H2,1H3. The van der Waals surface area contributed by atoms with Crippen molar-refractivity contribution in [3.8, 4) is 5.75 Å². The van der Waals surface area contributed by atoms with Gasteiger partial charge in [-0.3, -0.25) is 0 Å². The molecule has 1 N–H and O–H groups in total. The molecule has 90 valence electrons. The van der Waals surface area contributed by atoms with Gasteiger partial charge in [0.05, 0.1) is 6.61 Å². The number of aliphatic hydroxyl groups excluding tert-OH is 1. The summed E-state index contributed by atoms with van der Waals surface area (Å²) in [5.41, 5.74) is 1.06. The van der Waals surface area contributed by atoms with Crippen LogP contribution in [0.4, 0.5) is 0 Å². The van der Waals surface area contributed by atoms with E-state index in [0.29, 0.717) is 18.2 Å². The van der Waals surface area contributed by atoms with Crippen molar-refractivity contribution >= 4 is 0 Å². The number of rotatable bonds is 5. The summed E-state index contributed by atoms with van der Waals surface area (Å²) in [5.74, 6) is 1.64. The normalized spacial score (nSPS) is 10.5. The van der Waals surface area contributed by atoms with Crippen LogP contribution >= 0.6 is 0 Å². The predicted octanol–water partition coefficient (Wildman–Crippen LogP) is 1.49. The van der Waals surface area contributed by atoms with Gasteiger partial charge in [0.2, 0.25) is 5.89 Å². The van der Waals surface area contributed by atoms with Gasteiger partial charge in [-0.05, 0) is 18.6 Å². The summed E-state index contributed by atoms with van der Waals surface area (Å²) in [6, 6.07) is 7.72. The number of benzene rings is 1. The Morgan fingerprint density at radius 1 is 1.24 bits per heavy atom. The Hall–Kier alpha value is -1.88. The zero-order chi connectivity index (χ0) is 12.1. The number of aliphatic hydroxyl groups is 1. The first-order valence-electron chi connectivity index (χ1n) is 5.40. The number of hydrogen-bond acceptors (Lipinski definition) is 5. The van der Waals surface area contributed by atoms with Crippen molar-refractivity contribution in [1.29, 1.82) is 0 Å². The largest absolute Gasteiger partial charge is 0.484 e. The molecule has 5 heteroatoms. The van der Waals surface area contributed by atoms with Gasteiger partial charge in [-0.25, -0.2) is 0 Å². The molecule has 0 aliphatic carbocycles. The first kappa shape index (κ1) is 11.6. The summed E-state index contributed by atoms with van der Waals surface area (Å²) in [4.78, 5) is 0. The summed E-state index contributed by atoms with van der Waals surface area (Å²) in [5, 5.41) is 16.3. The Bertz CT molecular complexity index is 482. The summed E-state index contributed by atoms with van der Waals surface area (Å²) < 4.78 is 10.8. The van der Waals surface area contributed by atoms with Crippen LogP contribution in [0.15, 0.2) is 28.7 Å². The van der Waals surface area contributed by atoms with Crippen LogP contribution in [0.25, 0.3) is 0 Å². The Morgan fingerprint density at radius 2 is 2.00 bits per heavy atom. The molecule has 0 fully saturated rings. The van der Waals surface area contributed by atoms with Gasteiger partial charge in [-0.2, -0.15) is 0 Å². The smallest absolute Gasteiger partial charge is 0.253 e. The molecule has 5 nitrogen and oxygen atoms in total. The molecule has 0 aliphatic heterocycles. The number of aromatic nitrogens is 2. The molecule has 1 aromatic carbocycles. The maximum absolute atomic E-state index is 8.71. The highest BCUT2D eigenvalue weighted by Crippen LogP contribution is 2.17. The molecular weight excluding hydrogens is 220 g/mol. The summed E-state index contributed by atoms with van der Waals surface area (Å²) in [7, 11) is 0. The molecule has 1 aromatic heterocycles. The van der Waals surface area contributed by atoms with Gasteiger partial charge in [-0.1, -0.05) is 18.2 Å².